The SMILES string of the molecule is Cc1ccc(CNC2CCOC2C)cn1. The van der Waals surface area contributed by atoms with Crippen LogP contribution in [-0.4, -0.2) is 23.7 Å². The summed E-state index contributed by atoms with van der Waals surface area (Å²) in [7, 11) is 0. The van der Waals surface area contributed by atoms with Gasteiger partial charge < -0.3 is 10.1 Å². The highest BCUT2D eigenvalue weighted by Crippen LogP contribution is 2.13. The number of rotatable bonds is 3. The molecule has 0 saturated carbocycles. The largest absolute Gasteiger partial charge is 0.377 e. The lowest BCUT2D eigenvalue weighted by molar-refractivity contribution is 0.113. The molecule has 1 aliphatic rings. The van der Waals surface area contributed by atoms with E-state index in [0.29, 0.717) is 12.1 Å². The summed E-state index contributed by atoms with van der Waals surface area (Å²) >= 11 is 0. The third-order valence-corrected chi connectivity index (χ3v) is 2.92. The molecule has 2 atom stereocenters. The summed E-state index contributed by atoms with van der Waals surface area (Å²) in [6.07, 6.45) is 3.38. The Kier molecular flexibility index (Phi) is 3.34. The van der Waals surface area contributed by atoms with E-state index in [-0.39, 0.29) is 0 Å². The van der Waals surface area contributed by atoms with Gasteiger partial charge in [-0.3, -0.25) is 4.98 Å². The van der Waals surface area contributed by atoms with E-state index in [4.69, 9.17) is 4.74 Å². The Balaban J connectivity index is 1.85. The molecule has 2 heterocycles. The first-order chi connectivity index (χ1) is 7.25. The summed E-state index contributed by atoms with van der Waals surface area (Å²) in [5.74, 6) is 0. The van der Waals surface area contributed by atoms with Crippen LogP contribution in [0.25, 0.3) is 0 Å². The Hall–Kier alpha value is -0.930. The number of nitrogens with zero attached hydrogens (tertiary/aromatic N) is 1. The smallest absolute Gasteiger partial charge is 0.0700 e. The first-order valence-electron chi connectivity index (χ1n) is 5.52. The van der Waals surface area contributed by atoms with Crippen molar-refractivity contribution in [3.8, 4) is 0 Å². The minimum Gasteiger partial charge on any atom is -0.377 e. The standard InChI is InChI=1S/C12H18N2O/c1-9-3-4-11(7-13-9)8-14-12-5-6-15-10(12)2/h3-4,7,10,12,14H,5-6,8H2,1-2H3. The highest BCUT2D eigenvalue weighted by molar-refractivity contribution is 5.13. The molecule has 1 saturated heterocycles. The zero-order valence-corrected chi connectivity index (χ0v) is 9.36. The number of aryl methyl sites for hydroxylation is 1. The average Bonchev–Trinajstić information content (AvgIpc) is 2.63. The molecule has 0 aliphatic carbocycles. The van der Waals surface area contributed by atoms with Crippen LogP contribution in [0.4, 0.5) is 0 Å². The van der Waals surface area contributed by atoms with E-state index in [2.05, 4.69) is 23.3 Å². The van der Waals surface area contributed by atoms with Crippen LogP contribution >= 0.6 is 0 Å². The van der Waals surface area contributed by atoms with Gasteiger partial charge >= 0.3 is 0 Å². The Morgan fingerprint density at radius 2 is 2.40 bits per heavy atom. The molecule has 1 aromatic heterocycles. The van der Waals surface area contributed by atoms with Crippen molar-refractivity contribution in [3.05, 3.63) is 29.6 Å². The number of hydrogen-bond acceptors (Lipinski definition) is 3. The van der Waals surface area contributed by atoms with Gasteiger partial charge in [0, 0.05) is 31.1 Å². The second kappa shape index (κ2) is 4.73. The molecular weight excluding hydrogens is 188 g/mol. The van der Waals surface area contributed by atoms with Crippen molar-refractivity contribution in [1.29, 1.82) is 0 Å². The summed E-state index contributed by atoms with van der Waals surface area (Å²) in [5, 5.41) is 3.50. The van der Waals surface area contributed by atoms with Crippen LogP contribution in [0, 0.1) is 6.92 Å². The maximum Gasteiger partial charge on any atom is 0.0700 e. The van der Waals surface area contributed by atoms with Gasteiger partial charge in [-0.25, -0.2) is 0 Å². The molecule has 0 radical (unpaired) electrons. The minimum atomic E-state index is 0.336. The fraction of sp³-hybridized carbons (Fsp3) is 0.583. The molecule has 3 heteroatoms. The van der Waals surface area contributed by atoms with Gasteiger partial charge in [-0.1, -0.05) is 6.07 Å². The predicted molar refractivity (Wildman–Crippen MR) is 59.6 cm³/mol. The van der Waals surface area contributed by atoms with Gasteiger partial charge in [-0.15, -0.1) is 0 Å². The molecule has 1 N–H and O–H groups in total. The zero-order chi connectivity index (χ0) is 10.7. The highest BCUT2D eigenvalue weighted by atomic mass is 16.5. The Morgan fingerprint density at radius 1 is 1.53 bits per heavy atom. The number of aromatic nitrogens is 1. The number of hydrogen-bond donors (Lipinski definition) is 1. The van der Waals surface area contributed by atoms with Gasteiger partial charge in [-0.2, -0.15) is 0 Å². The summed E-state index contributed by atoms with van der Waals surface area (Å²) in [6.45, 7) is 5.89. The van der Waals surface area contributed by atoms with E-state index in [9.17, 15) is 0 Å². The van der Waals surface area contributed by atoms with Gasteiger partial charge in [0.1, 0.15) is 0 Å². The Bertz CT molecular complexity index is 310. The minimum absolute atomic E-state index is 0.336. The highest BCUT2D eigenvalue weighted by Gasteiger charge is 2.23. The molecule has 15 heavy (non-hydrogen) atoms. The van der Waals surface area contributed by atoms with Crippen molar-refractivity contribution in [1.82, 2.24) is 10.3 Å². The zero-order valence-electron chi connectivity index (χ0n) is 9.36. The molecule has 1 aliphatic heterocycles. The van der Waals surface area contributed by atoms with E-state index < -0.39 is 0 Å². The second-order valence-electron chi connectivity index (χ2n) is 4.16. The molecule has 0 amide bonds. The van der Waals surface area contributed by atoms with Gasteiger partial charge in [-0.05, 0) is 31.9 Å². The van der Waals surface area contributed by atoms with Crippen LogP contribution in [0.15, 0.2) is 18.3 Å². The third-order valence-electron chi connectivity index (χ3n) is 2.92. The number of ether oxygens (including phenoxy) is 1. The molecule has 2 rings (SSSR count). The molecule has 2 unspecified atom stereocenters. The molecule has 82 valence electrons. The maximum atomic E-state index is 5.49. The van der Waals surface area contributed by atoms with E-state index in [1.165, 1.54) is 5.56 Å². The van der Waals surface area contributed by atoms with Gasteiger partial charge in [0.05, 0.1) is 6.10 Å². The van der Waals surface area contributed by atoms with Gasteiger partial charge in [0.2, 0.25) is 0 Å². The first-order valence-corrected chi connectivity index (χ1v) is 5.52. The Labute approximate surface area is 90.9 Å². The summed E-state index contributed by atoms with van der Waals surface area (Å²) in [6, 6.07) is 4.66. The first kappa shape index (κ1) is 10.6. The monoisotopic (exact) mass is 206 g/mol. The molecule has 1 aromatic rings. The van der Waals surface area contributed by atoms with E-state index in [1.54, 1.807) is 0 Å². The van der Waals surface area contributed by atoms with Gasteiger partial charge in [0.25, 0.3) is 0 Å². The molecule has 0 spiro atoms. The van der Waals surface area contributed by atoms with Crippen molar-refractivity contribution >= 4 is 0 Å². The van der Waals surface area contributed by atoms with Crippen molar-refractivity contribution < 1.29 is 4.74 Å². The summed E-state index contributed by atoms with van der Waals surface area (Å²) in [5.41, 5.74) is 2.30. The van der Waals surface area contributed by atoms with Crippen molar-refractivity contribution in [3.63, 3.8) is 0 Å². The van der Waals surface area contributed by atoms with Gasteiger partial charge in [0.15, 0.2) is 0 Å². The van der Waals surface area contributed by atoms with E-state index >= 15 is 0 Å². The fourth-order valence-corrected chi connectivity index (χ4v) is 1.85. The van der Waals surface area contributed by atoms with Crippen LogP contribution in [-0.2, 0) is 11.3 Å². The lowest BCUT2D eigenvalue weighted by Crippen LogP contribution is -2.34. The normalized spacial score (nSPS) is 25.7. The van der Waals surface area contributed by atoms with Crippen molar-refractivity contribution in [2.75, 3.05) is 6.61 Å². The number of pyridine rings is 1. The van der Waals surface area contributed by atoms with Crippen molar-refractivity contribution in [2.24, 2.45) is 0 Å². The van der Waals surface area contributed by atoms with Crippen molar-refractivity contribution in [2.45, 2.75) is 39.0 Å². The average molecular weight is 206 g/mol. The molecule has 0 aromatic carbocycles. The predicted octanol–water partition coefficient (Wildman–Crippen LogP) is 1.66. The number of nitrogens with one attached hydrogen (secondary N) is 1. The van der Waals surface area contributed by atoms with Crippen LogP contribution in [0.1, 0.15) is 24.6 Å². The lowest BCUT2D eigenvalue weighted by Gasteiger charge is -2.15. The van der Waals surface area contributed by atoms with E-state index in [1.807, 2.05) is 19.2 Å². The third kappa shape index (κ3) is 2.76. The van der Waals surface area contributed by atoms with Crippen LogP contribution in [0.3, 0.4) is 0 Å². The molecule has 0 bridgehead atoms. The second-order valence-corrected chi connectivity index (χ2v) is 4.16. The van der Waals surface area contributed by atoms with E-state index in [0.717, 1.165) is 25.3 Å². The summed E-state index contributed by atoms with van der Waals surface area (Å²) in [4.78, 5) is 4.27. The molecule has 3 nitrogen and oxygen atoms in total. The maximum absolute atomic E-state index is 5.49. The Morgan fingerprint density at radius 3 is 3.00 bits per heavy atom. The molecular formula is C12H18N2O. The molecule has 1 fully saturated rings. The quantitative estimate of drug-likeness (QED) is 0.816. The van der Waals surface area contributed by atoms with Crippen LogP contribution in [0.2, 0.25) is 0 Å². The van der Waals surface area contributed by atoms with Crippen LogP contribution in [0.5, 0.6) is 0 Å². The topological polar surface area (TPSA) is 34.1 Å². The fourth-order valence-electron chi connectivity index (χ4n) is 1.85. The van der Waals surface area contributed by atoms with Crippen LogP contribution < -0.4 is 5.32 Å². The lowest BCUT2D eigenvalue weighted by atomic mass is 10.1. The summed E-state index contributed by atoms with van der Waals surface area (Å²) < 4.78 is 5.49.